The number of likely N-dealkylation sites (N-methyl/N-ethyl adjacent to an activating group) is 1. The van der Waals surface area contributed by atoms with Gasteiger partial charge in [0.05, 0.1) is 11.4 Å². The van der Waals surface area contributed by atoms with Crippen LogP contribution in [-0.4, -0.2) is 42.3 Å². The number of thioether (sulfide) groups is 1. The lowest BCUT2D eigenvalue weighted by Gasteiger charge is -2.29. The first-order chi connectivity index (χ1) is 9.78. The third kappa shape index (κ3) is 3.25. The van der Waals surface area contributed by atoms with E-state index in [4.69, 9.17) is 0 Å². The Morgan fingerprint density at radius 3 is 2.52 bits per heavy atom. The summed E-state index contributed by atoms with van der Waals surface area (Å²) < 4.78 is 26.7. The van der Waals surface area contributed by atoms with E-state index in [2.05, 4.69) is 21.2 Å². The van der Waals surface area contributed by atoms with Gasteiger partial charge in [0.15, 0.2) is 4.87 Å². The Labute approximate surface area is 135 Å². The van der Waals surface area contributed by atoms with E-state index in [9.17, 15) is 18.3 Å². The summed E-state index contributed by atoms with van der Waals surface area (Å²) in [7, 11) is -2.38. The van der Waals surface area contributed by atoms with E-state index in [0.717, 1.165) is 20.5 Å². The number of nitrogens with one attached hydrogen (secondary N) is 1. The zero-order chi connectivity index (χ0) is 15.7. The van der Waals surface area contributed by atoms with Crippen LogP contribution in [0.3, 0.4) is 0 Å². The van der Waals surface area contributed by atoms with Crippen LogP contribution in [0.25, 0.3) is 0 Å². The van der Waals surface area contributed by atoms with Crippen LogP contribution in [0, 0.1) is 0 Å². The standard InChI is InChI=1S/C12H13BrN2O4S2/c1-15(8-12(11(16)17)14-6-7-20-12)21(18,19)10-4-2-9(13)3-5-10/h2-7,14H,8H2,1H3,(H,16,17). The van der Waals surface area contributed by atoms with Crippen LogP contribution in [0.2, 0.25) is 0 Å². The van der Waals surface area contributed by atoms with Gasteiger partial charge < -0.3 is 10.4 Å². The maximum absolute atomic E-state index is 12.5. The molecule has 6 nitrogen and oxygen atoms in total. The second kappa shape index (κ2) is 5.99. The second-order valence-electron chi connectivity index (χ2n) is 4.41. The van der Waals surface area contributed by atoms with Gasteiger partial charge in [-0.3, -0.25) is 0 Å². The third-order valence-corrected chi connectivity index (χ3v) is 6.41. The number of carboxylic acid groups (broad SMARTS) is 1. The molecule has 1 atom stereocenters. The normalized spacial score (nSPS) is 21.5. The van der Waals surface area contributed by atoms with Crippen LogP contribution in [-0.2, 0) is 14.8 Å². The molecule has 0 spiro atoms. The number of carbonyl (C=O) groups is 1. The summed E-state index contributed by atoms with van der Waals surface area (Å²) in [6.07, 6.45) is 1.50. The molecule has 1 aliphatic heterocycles. The van der Waals surface area contributed by atoms with E-state index in [-0.39, 0.29) is 11.4 Å². The van der Waals surface area contributed by atoms with Crippen molar-refractivity contribution in [2.24, 2.45) is 0 Å². The molecule has 1 aliphatic rings. The Morgan fingerprint density at radius 2 is 2.05 bits per heavy atom. The Morgan fingerprint density at radius 1 is 1.43 bits per heavy atom. The van der Waals surface area contributed by atoms with Gasteiger partial charge in [0, 0.05) is 17.7 Å². The molecule has 0 radical (unpaired) electrons. The summed E-state index contributed by atoms with van der Waals surface area (Å²) in [5.41, 5.74) is 0. The molecular weight excluding hydrogens is 380 g/mol. The average molecular weight is 393 g/mol. The van der Waals surface area contributed by atoms with Gasteiger partial charge >= 0.3 is 5.97 Å². The first-order valence-electron chi connectivity index (χ1n) is 5.84. The molecule has 0 bridgehead atoms. The minimum absolute atomic E-state index is 0.115. The molecule has 0 saturated heterocycles. The monoisotopic (exact) mass is 392 g/mol. The van der Waals surface area contributed by atoms with Crippen LogP contribution >= 0.6 is 27.7 Å². The van der Waals surface area contributed by atoms with Crippen molar-refractivity contribution in [1.82, 2.24) is 9.62 Å². The third-order valence-electron chi connectivity index (χ3n) is 2.97. The van der Waals surface area contributed by atoms with Crippen LogP contribution in [0.1, 0.15) is 0 Å². The molecule has 114 valence electrons. The number of benzene rings is 1. The van der Waals surface area contributed by atoms with Gasteiger partial charge in [-0.1, -0.05) is 27.7 Å². The number of carboxylic acids is 1. The van der Waals surface area contributed by atoms with Crippen molar-refractivity contribution in [3.05, 3.63) is 40.3 Å². The lowest BCUT2D eigenvalue weighted by atomic mass is 10.3. The van der Waals surface area contributed by atoms with Gasteiger partial charge in [-0.25, -0.2) is 13.2 Å². The maximum Gasteiger partial charge on any atom is 0.341 e. The second-order valence-corrected chi connectivity index (χ2v) is 8.58. The topological polar surface area (TPSA) is 86.7 Å². The minimum atomic E-state index is -3.75. The summed E-state index contributed by atoms with van der Waals surface area (Å²) in [4.78, 5) is 10.1. The van der Waals surface area contributed by atoms with E-state index in [1.54, 1.807) is 17.5 Å². The molecule has 1 heterocycles. The van der Waals surface area contributed by atoms with Gasteiger partial charge in [0.25, 0.3) is 0 Å². The molecule has 1 aromatic carbocycles. The Balaban J connectivity index is 2.24. The smallest absolute Gasteiger partial charge is 0.341 e. The zero-order valence-electron chi connectivity index (χ0n) is 11.0. The van der Waals surface area contributed by atoms with Crippen LogP contribution in [0.15, 0.2) is 45.2 Å². The molecule has 0 fully saturated rings. The summed E-state index contributed by atoms with van der Waals surface area (Å²) >= 11 is 4.28. The number of sulfonamides is 1. The Hall–Kier alpha value is -1.03. The molecule has 0 saturated carbocycles. The first-order valence-corrected chi connectivity index (χ1v) is 8.95. The predicted molar refractivity (Wildman–Crippen MR) is 84.2 cm³/mol. The fourth-order valence-corrected chi connectivity index (χ4v) is 4.22. The van der Waals surface area contributed by atoms with Gasteiger partial charge in [-0.05, 0) is 29.7 Å². The van der Waals surface area contributed by atoms with Crippen molar-refractivity contribution in [3.63, 3.8) is 0 Å². The molecule has 0 amide bonds. The van der Waals surface area contributed by atoms with Crippen molar-refractivity contribution >= 4 is 43.7 Å². The number of hydrogen-bond acceptors (Lipinski definition) is 5. The van der Waals surface area contributed by atoms with Crippen molar-refractivity contribution in [1.29, 1.82) is 0 Å². The SMILES string of the molecule is CN(CC1(C(=O)O)NC=CS1)S(=O)(=O)c1ccc(Br)cc1. The summed E-state index contributed by atoms with van der Waals surface area (Å²) in [5.74, 6) is -1.12. The quantitative estimate of drug-likeness (QED) is 0.792. The van der Waals surface area contributed by atoms with E-state index in [1.165, 1.54) is 25.4 Å². The van der Waals surface area contributed by atoms with Gasteiger partial charge in [0.1, 0.15) is 0 Å². The lowest BCUT2D eigenvalue weighted by Crippen LogP contribution is -2.53. The molecule has 0 aliphatic carbocycles. The number of nitrogens with zero attached hydrogens (tertiary/aromatic N) is 1. The fourth-order valence-electron chi connectivity index (χ4n) is 1.80. The average Bonchev–Trinajstić information content (AvgIpc) is 2.89. The first kappa shape index (κ1) is 16.3. The molecule has 2 rings (SSSR count). The van der Waals surface area contributed by atoms with E-state index >= 15 is 0 Å². The Kier molecular flexibility index (Phi) is 4.66. The summed E-state index contributed by atoms with van der Waals surface area (Å²) in [6.45, 7) is -0.196. The predicted octanol–water partition coefficient (Wildman–Crippen LogP) is 1.66. The molecular formula is C12H13BrN2O4S2. The highest BCUT2D eigenvalue weighted by atomic mass is 79.9. The molecule has 1 unspecified atom stereocenters. The van der Waals surface area contributed by atoms with Gasteiger partial charge in [-0.2, -0.15) is 4.31 Å². The zero-order valence-corrected chi connectivity index (χ0v) is 14.2. The highest BCUT2D eigenvalue weighted by Crippen LogP contribution is 2.31. The van der Waals surface area contributed by atoms with Crippen LogP contribution < -0.4 is 5.32 Å². The number of aliphatic carboxylic acids is 1. The van der Waals surface area contributed by atoms with E-state index < -0.39 is 20.9 Å². The van der Waals surface area contributed by atoms with Crippen LogP contribution in [0.5, 0.6) is 0 Å². The molecule has 2 N–H and O–H groups in total. The van der Waals surface area contributed by atoms with Crippen LogP contribution in [0.4, 0.5) is 0 Å². The Bertz CT molecular complexity index is 665. The highest BCUT2D eigenvalue weighted by Gasteiger charge is 2.43. The van der Waals surface area contributed by atoms with E-state index in [0.29, 0.717) is 0 Å². The molecule has 9 heteroatoms. The van der Waals surface area contributed by atoms with Crippen molar-refractivity contribution in [2.45, 2.75) is 9.77 Å². The lowest BCUT2D eigenvalue weighted by molar-refractivity contribution is -0.140. The maximum atomic E-state index is 12.5. The van der Waals surface area contributed by atoms with Gasteiger partial charge in [0.2, 0.25) is 10.0 Å². The van der Waals surface area contributed by atoms with Crippen molar-refractivity contribution in [2.75, 3.05) is 13.6 Å². The molecule has 21 heavy (non-hydrogen) atoms. The minimum Gasteiger partial charge on any atom is -0.479 e. The van der Waals surface area contributed by atoms with Crippen molar-refractivity contribution in [3.8, 4) is 0 Å². The number of rotatable bonds is 5. The molecule has 1 aromatic rings. The largest absolute Gasteiger partial charge is 0.479 e. The fraction of sp³-hybridized carbons (Fsp3) is 0.250. The molecule has 0 aromatic heterocycles. The van der Waals surface area contributed by atoms with E-state index in [1.807, 2.05) is 0 Å². The summed E-state index contributed by atoms with van der Waals surface area (Å²) in [5, 5.41) is 13.6. The van der Waals surface area contributed by atoms with Crippen molar-refractivity contribution < 1.29 is 18.3 Å². The summed E-state index contributed by atoms with van der Waals surface area (Å²) in [6, 6.07) is 6.18. The number of halogens is 1. The highest BCUT2D eigenvalue weighted by molar-refractivity contribution is 9.10. The number of hydrogen-bond donors (Lipinski definition) is 2. The van der Waals surface area contributed by atoms with Gasteiger partial charge in [-0.15, -0.1) is 0 Å².